The molecule has 0 saturated carbocycles. The Labute approximate surface area is 118 Å². The molecule has 0 aliphatic carbocycles. The Morgan fingerprint density at radius 3 is 2.67 bits per heavy atom. The van der Waals surface area contributed by atoms with Crippen LogP contribution in [0.5, 0.6) is 0 Å². The molecule has 0 amide bonds. The molecule has 0 spiro atoms. The monoisotopic (exact) mass is 343 g/mol. The highest BCUT2D eigenvalue weighted by Crippen LogP contribution is 2.27. The number of benzene rings is 1. The van der Waals surface area contributed by atoms with Gasteiger partial charge in [-0.15, -0.1) is 0 Å². The Morgan fingerprint density at radius 1 is 1.39 bits per heavy atom. The fraction of sp³-hybridized carbons (Fsp3) is 0.500. The minimum absolute atomic E-state index is 0.0563. The number of nitrogens with one attached hydrogen (secondary N) is 1. The van der Waals surface area contributed by atoms with Crippen molar-refractivity contribution in [2.45, 2.75) is 38.4 Å². The SMILES string of the molecule is CC(CCCC(F)(F)F)Nc1cc(Br)ccc1Cl. The maximum Gasteiger partial charge on any atom is 0.389 e. The van der Waals surface area contributed by atoms with Crippen LogP contribution < -0.4 is 5.32 Å². The highest BCUT2D eigenvalue weighted by Gasteiger charge is 2.26. The van der Waals surface area contributed by atoms with E-state index in [1.807, 2.05) is 19.1 Å². The molecule has 18 heavy (non-hydrogen) atoms. The lowest BCUT2D eigenvalue weighted by Crippen LogP contribution is -2.17. The number of hydrogen-bond acceptors (Lipinski definition) is 1. The second-order valence-corrected chi connectivity index (χ2v) is 5.50. The van der Waals surface area contributed by atoms with Gasteiger partial charge in [-0.05, 0) is 38.0 Å². The van der Waals surface area contributed by atoms with Crippen molar-refractivity contribution in [1.29, 1.82) is 0 Å². The van der Waals surface area contributed by atoms with Crippen molar-refractivity contribution in [2.24, 2.45) is 0 Å². The fourth-order valence-electron chi connectivity index (χ4n) is 1.55. The average Bonchev–Trinajstić information content (AvgIpc) is 2.21. The molecule has 1 aromatic rings. The van der Waals surface area contributed by atoms with Crippen LogP contribution in [0.4, 0.5) is 18.9 Å². The van der Waals surface area contributed by atoms with E-state index in [4.69, 9.17) is 11.6 Å². The third-order valence-corrected chi connectivity index (χ3v) is 3.25. The zero-order chi connectivity index (χ0) is 13.8. The van der Waals surface area contributed by atoms with Crippen LogP contribution in [0.1, 0.15) is 26.2 Å². The largest absolute Gasteiger partial charge is 0.389 e. The molecule has 0 saturated heterocycles. The molecular formula is C12H14BrClF3N. The van der Waals surface area contributed by atoms with E-state index < -0.39 is 12.6 Å². The van der Waals surface area contributed by atoms with Gasteiger partial charge in [0.05, 0.1) is 10.7 Å². The first-order valence-electron chi connectivity index (χ1n) is 5.56. The molecule has 1 nitrogen and oxygen atoms in total. The molecule has 1 rings (SSSR count). The molecule has 0 bridgehead atoms. The van der Waals surface area contributed by atoms with E-state index in [1.54, 1.807) is 6.07 Å². The number of anilines is 1. The first-order valence-corrected chi connectivity index (χ1v) is 6.73. The number of halogens is 5. The molecule has 1 atom stereocenters. The van der Waals surface area contributed by atoms with Crippen molar-refractivity contribution < 1.29 is 13.2 Å². The molecule has 1 aromatic carbocycles. The lowest BCUT2D eigenvalue weighted by Gasteiger charge is -2.17. The van der Waals surface area contributed by atoms with Crippen molar-refractivity contribution in [3.63, 3.8) is 0 Å². The summed E-state index contributed by atoms with van der Waals surface area (Å²) >= 11 is 9.30. The van der Waals surface area contributed by atoms with Crippen LogP contribution >= 0.6 is 27.5 Å². The summed E-state index contributed by atoms with van der Waals surface area (Å²) in [4.78, 5) is 0. The van der Waals surface area contributed by atoms with E-state index >= 15 is 0 Å². The van der Waals surface area contributed by atoms with Crippen LogP contribution in [0.25, 0.3) is 0 Å². The molecule has 1 unspecified atom stereocenters. The summed E-state index contributed by atoms with van der Waals surface area (Å²) in [7, 11) is 0. The van der Waals surface area contributed by atoms with Gasteiger partial charge in [0, 0.05) is 16.9 Å². The number of hydrogen-bond donors (Lipinski definition) is 1. The van der Waals surface area contributed by atoms with Crippen LogP contribution in [0.3, 0.4) is 0 Å². The van der Waals surface area contributed by atoms with Crippen LogP contribution in [0.2, 0.25) is 5.02 Å². The highest BCUT2D eigenvalue weighted by molar-refractivity contribution is 9.10. The van der Waals surface area contributed by atoms with Crippen molar-refractivity contribution in [2.75, 3.05) is 5.32 Å². The zero-order valence-corrected chi connectivity index (χ0v) is 12.2. The Bertz CT molecular complexity index is 395. The first-order chi connectivity index (χ1) is 8.28. The van der Waals surface area contributed by atoms with Crippen molar-refractivity contribution in [1.82, 2.24) is 0 Å². The fourth-order valence-corrected chi connectivity index (χ4v) is 2.09. The minimum Gasteiger partial charge on any atom is -0.381 e. The van der Waals surface area contributed by atoms with E-state index in [0.29, 0.717) is 11.4 Å². The Hall–Kier alpha value is -0.420. The lowest BCUT2D eigenvalue weighted by molar-refractivity contribution is -0.135. The highest BCUT2D eigenvalue weighted by atomic mass is 79.9. The summed E-state index contributed by atoms with van der Waals surface area (Å²) in [5.74, 6) is 0. The van der Waals surface area contributed by atoms with E-state index in [1.165, 1.54) is 0 Å². The summed E-state index contributed by atoms with van der Waals surface area (Å²) in [5.41, 5.74) is 0.727. The number of rotatable bonds is 5. The van der Waals surface area contributed by atoms with Crippen LogP contribution in [0.15, 0.2) is 22.7 Å². The average molecular weight is 345 g/mol. The van der Waals surface area contributed by atoms with Gasteiger partial charge in [0.2, 0.25) is 0 Å². The molecule has 0 fully saturated rings. The molecule has 0 heterocycles. The van der Waals surface area contributed by atoms with Gasteiger partial charge in [-0.3, -0.25) is 0 Å². The zero-order valence-electron chi connectivity index (χ0n) is 9.82. The number of alkyl halides is 3. The summed E-state index contributed by atoms with van der Waals surface area (Å²) in [6.07, 6.45) is -4.26. The molecule has 0 aliphatic rings. The molecular weight excluding hydrogens is 330 g/mol. The molecule has 1 N–H and O–H groups in total. The quantitative estimate of drug-likeness (QED) is 0.729. The van der Waals surface area contributed by atoms with E-state index in [2.05, 4.69) is 21.2 Å². The summed E-state index contributed by atoms with van der Waals surface area (Å²) in [6, 6.07) is 5.29. The normalized spacial score (nSPS) is 13.4. The smallest absolute Gasteiger partial charge is 0.381 e. The van der Waals surface area contributed by atoms with Crippen LogP contribution in [-0.2, 0) is 0 Å². The van der Waals surface area contributed by atoms with Crippen molar-refractivity contribution >= 4 is 33.2 Å². The second kappa shape index (κ2) is 6.66. The third kappa shape index (κ3) is 5.96. The molecule has 0 radical (unpaired) electrons. The maximum atomic E-state index is 12.0. The van der Waals surface area contributed by atoms with Crippen LogP contribution in [-0.4, -0.2) is 12.2 Å². The lowest BCUT2D eigenvalue weighted by atomic mass is 10.1. The molecule has 102 valence electrons. The Kier molecular flexibility index (Phi) is 5.79. The minimum atomic E-state index is -4.08. The van der Waals surface area contributed by atoms with Gasteiger partial charge in [-0.2, -0.15) is 13.2 Å². The van der Waals surface area contributed by atoms with E-state index in [0.717, 1.165) is 10.2 Å². The van der Waals surface area contributed by atoms with E-state index in [-0.39, 0.29) is 12.5 Å². The van der Waals surface area contributed by atoms with Gasteiger partial charge >= 0.3 is 6.18 Å². The topological polar surface area (TPSA) is 12.0 Å². The summed E-state index contributed by atoms with van der Waals surface area (Å²) in [5, 5.41) is 3.66. The predicted molar refractivity (Wildman–Crippen MR) is 72.1 cm³/mol. The van der Waals surface area contributed by atoms with Gasteiger partial charge in [-0.25, -0.2) is 0 Å². The van der Waals surface area contributed by atoms with Crippen molar-refractivity contribution in [3.8, 4) is 0 Å². The standard InChI is InChI=1S/C12H14BrClF3N/c1-8(3-2-6-12(15,16)17)18-11-7-9(13)4-5-10(11)14/h4-5,7-8,18H,2-3,6H2,1H3. The maximum absolute atomic E-state index is 12.0. The first kappa shape index (κ1) is 15.6. The third-order valence-electron chi connectivity index (χ3n) is 2.43. The predicted octanol–water partition coefficient (Wildman–Crippen LogP) is 5.64. The van der Waals surface area contributed by atoms with Gasteiger partial charge in [0.15, 0.2) is 0 Å². The van der Waals surface area contributed by atoms with Gasteiger partial charge in [0.25, 0.3) is 0 Å². The van der Waals surface area contributed by atoms with Gasteiger partial charge in [-0.1, -0.05) is 27.5 Å². The van der Waals surface area contributed by atoms with Crippen molar-refractivity contribution in [3.05, 3.63) is 27.7 Å². The summed E-state index contributed by atoms with van der Waals surface area (Å²) < 4.78 is 36.9. The second-order valence-electron chi connectivity index (χ2n) is 4.18. The molecule has 0 aliphatic heterocycles. The Morgan fingerprint density at radius 2 is 2.06 bits per heavy atom. The van der Waals surface area contributed by atoms with Gasteiger partial charge in [0.1, 0.15) is 0 Å². The molecule has 6 heteroatoms. The molecule has 0 aromatic heterocycles. The van der Waals surface area contributed by atoms with Crippen LogP contribution in [0, 0.1) is 0 Å². The summed E-state index contributed by atoms with van der Waals surface area (Å²) in [6.45, 7) is 1.84. The van der Waals surface area contributed by atoms with Gasteiger partial charge < -0.3 is 5.32 Å². The van der Waals surface area contributed by atoms with E-state index in [9.17, 15) is 13.2 Å². The Balaban J connectivity index is 2.44.